The quantitative estimate of drug-likeness (QED) is 0.371. The number of likely N-dealkylation sites (tertiary alicyclic amines) is 1. The highest BCUT2D eigenvalue weighted by molar-refractivity contribution is 7.10. The van der Waals surface area contributed by atoms with Crippen molar-refractivity contribution in [3.05, 3.63) is 62.9 Å². The van der Waals surface area contributed by atoms with Gasteiger partial charge in [-0.25, -0.2) is 0 Å². The Morgan fingerprint density at radius 3 is 2.63 bits per heavy atom. The largest absolute Gasteiger partial charge is 0.416 e. The van der Waals surface area contributed by atoms with Crippen LogP contribution in [0.2, 0.25) is 0 Å². The van der Waals surface area contributed by atoms with E-state index in [4.69, 9.17) is 0 Å². The lowest BCUT2D eigenvalue weighted by Crippen LogP contribution is -2.33. The highest BCUT2D eigenvalue weighted by atomic mass is 32.1. The standard InChI is InChI=1S/C28H32F3N5OS/c1-17-5-4-8-35(12-17)13-18-9-21-22(23(10-18)28(29,30)31)14-36(27(21)37)20-11-24(38-15-20)25(19-6-3-7-19)26-33-32-16-34(26)2/h9-11,15-17,19,25H,3-8,12-14H2,1-2H3/t17-,25?/m0/s1. The van der Waals surface area contributed by atoms with Crippen LogP contribution in [0.1, 0.15) is 82.7 Å². The number of aromatic nitrogens is 3. The average Bonchev–Trinajstić information content (AvgIpc) is 3.55. The number of anilines is 1. The van der Waals surface area contributed by atoms with Gasteiger partial charge in [0.1, 0.15) is 12.2 Å². The molecule has 0 radical (unpaired) electrons. The molecule has 0 bridgehead atoms. The first-order valence-electron chi connectivity index (χ1n) is 13.4. The normalized spacial score (nSPS) is 21.6. The van der Waals surface area contributed by atoms with Gasteiger partial charge in [-0.05, 0) is 73.4 Å². The van der Waals surface area contributed by atoms with Crippen molar-refractivity contribution in [2.75, 3.05) is 18.0 Å². The van der Waals surface area contributed by atoms with Crippen LogP contribution in [0.15, 0.2) is 29.9 Å². The zero-order valence-electron chi connectivity index (χ0n) is 21.7. The zero-order valence-corrected chi connectivity index (χ0v) is 22.5. The monoisotopic (exact) mass is 543 g/mol. The van der Waals surface area contributed by atoms with E-state index < -0.39 is 11.7 Å². The second-order valence-electron chi connectivity index (χ2n) is 11.2. The van der Waals surface area contributed by atoms with Crippen LogP contribution in [0, 0.1) is 11.8 Å². The van der Waals surface area contributed by atoms with Gasteiger partial charge in [0.2, 0.25) is 0 Å². The fourth-order valence-electron chi connectivity index (χ4n) is 6.27. The number of rotatable bonds is 6. The third-order valence-electron chi connectivity index (χ3n) is 8.42. The second-order valence-corrected chi connectivity index (χ2v) is 12.2. The number of aryl methyl sites for hydroxylation is 1. The van der Waals surface area contributed by atoms with Crippen LogP contribution >= 0.6 is 11.3 Å². The molecule has 0 spiro atoms. The molecule has 2 aromatic heterocycles. The molecule has 3 aromatic rings. The maximum absolute atomic E-state index is 14.2. The van der Waals surface area contributed by atoms with Crippen LogP contribution in [-0.2, 0) is 26.3 Å². The molecule has 2 aliphatic heterocycles. The molecule has 38 heavy (non-hydrogen) atoms. The lowest BCUT2D eigenvalue weighted by molar-refractivity contribution is -0.138. The molecule has 10 heteroatoms. The first kappa shape index (κ1) is 25.6. The molecule has 0 N–H and O–H groups in total. The molecule has 6 nitrogen and oxygen atoms in total. The Morgan fingerprint density at radius 1 is 1.16 bits per heavy atom. The third kappa shape index (κ3) is 4.66. The Morgan fingerprint density at radius 2 is 1.97 bits per heavy atom. The van der Waals surface area contributed by atoms with E-state index in [9.17, 15) is 18.0 Å². The molecule has 1 unspecified atom stereocenters. The summed E-state index contributed by atoms with van der Waals surface area (Å²) in [6.07, 6.45) is 2.74. The number of nitrogens with zero attached hydrogens (tertiary/aromatic N) is 5. The number of thiophene rings is 1. The number of alkyl halides is 3. The number of hydrogen-bond donors (Lipinski definition) is 0. The van der Waals surface area contributed by atoms with E-state index in [1.807, 2.05) is 23.1 Å². The molecular weight excluding hydrogens is 511 g/mol. The van der Waals surface area contributed by atoms with Crippen molar-refractivity contribution in [2.24, 2.45) is 18.9 Å². The van der Waals surface area contributed by atoms with Gasteiger partial charge in [-0.3, -0.25) is 9.69 Å². The van der Waals surface area contributed by atoms with Crippen molar-refractivity contribution in [1.82, 2.24) is 19.7 Å². The zero-order chi connectivity index (χ0) is 26.6. The van der Waals surface area contributed by atoms with E-state index in [-0.39, 0.29) is 29.5 Å². The molecule has 1 saturated heterocycles. The van der Waals surface area contributed by atoms with E-state index >= 15 is 0 Å². The summed E-state index contributed by atoms with van der Waals surface area (Å²) in [7, 11) is 1.93. The van der Waals surface area contributed by atoms with Crippen LogP contribution in [0.25, 0.3) is 0 Å². The van der Waals surface area contributed by atoms with Crippen LogP contribution in [0.4, 0.5) is 18.9 Å². The summed E-state index contributed by atoms with van der Waals surface area (Å²) in [5.41, 5.74) is 0.773. The fourth-order valence-corrected chi connectivity index (χ4v) is 7.36. The van der Waals surface area contributed by atoms with Crippen LogP contribution < -0.4 is 4.90 Å². The van der Waals surface area contributed by atoms with Crippen molar-refractivity contribution in [1.29, 1.82) is 0 Å². The predicted molar refractivity (Wildman–Crippen MR) is 140 cm³/mol. The van der Waals surface area contributed by atoms with Crippen molar-refractivity contribution in [3.8, 4) is 0 Å². The van der Waals surface area contributed by atoms with E-state index in [2.05, 4.69) is 22.0 Å². The number of carbonyl (C=O) groups is 1. The lowest BCUT2D eigenvalue weighted by Gasteiger charge is -2.32. The van der Waals surface area contributed by atoms with Gasteiger partial charge in [0.05, 0.1) is 23.7 Å². The molecule has 1 saturated carbocycles. The average molecular weight is 544 g/mol. The number of fused-ring (bicyclic) bond motifs is 1. The summed E-state index contributed by atoms with van der Waals surface area (Å²) in [6, 6.07) is 4.92. The number of carbonyl (C=O) groups excluding carboxylic acids is 1. The van der Waals surface area contributed by atoms with Crippen molar-refractivity contribution in [2.45, 2.75) is 64.2 Å². The van der Waals surface area contributed by atoms with Gasteiger partial charge in [-0.2, -0.15) is 13.2 Å². The molecular formula is C28H32F3N5OS. The summed E-state index contributed by atoms with van der Waals surface area (Å²) in [5, 5.41) is 10.3. The molecule has 1 amide bonds. The first-order chi connectivity index (χ1) is 18.2. The molecule has 4 heterocycles. The minimum absolute atomic E-state index is 0.0688. The van der Waals surface area contributed by atoms with E-state index in [0.717, 1.165) is 49.5 Å². The second kappa shape index (κ2) is 9.79. The first-order valence-corrected chi connectivity index (χ1v) is 14.3. The van der Waals surface area contributed by atoms with E-state index in [1.165, 1.54) is 17.4 Å². The molecule has 3 aliphatic rings. The highest BCUT2D eigenvalue weighted by Gasteiger charge is 2.41. The van der Waals surface area contributed by atoms with Crippen LogP contribution in [0.3, 0.4) is 0 Å². The van der Waals surface area contributed by atoms with Gasteiger partial charge < -0.3 is 9.47 Å². The van der Waals surface area contributed by atoms with Crippen LogP contribution in [-0.4, -0.2) is 38.7 Å². The van der Waals surface area contributed by atoms with Crippen LogP contribution in [0.5, 0.6) is 0 Å². The van der Waals surface area contributed by atoms with Gasteiger partial charge in [0, 0.05) is 36.0 Å². The number of piperidine rings is 1. The summed E-state index contributed by atoms with van der Waals surface area (Å²) < 4.78 is 44.5. The summed E-state index contributed by atoms with van der Waals surface area (Å²) in [5.74, 6) is 1.57. The van der Waals surface area contributed by atoms with Gasteiger partial charge in [-0.15, -0.1) is 21.5 Å². The number of hydrogen-bond acceptors (Lipinski definition) is 5. The number of benzene rings is 1. The maximum Gasteiger partial charge on any atom is 0.416 e. The topological polar surface area (TPSA) is 54.3 Å². The Bertz CT molecular complexity index is 1340. The van der Waals surface area contributed by atoms with E-state index in [0.29, 0.717) is 29.6 Å². The SMILES string of the molecule is C[C@H]1CCCN(Cc2cc3c(c(C(F)(F)F)c2)CN(c2csc(C(c4nncn4C)C4CCC4)c2)C3=O)C1. The Balaban J connectivity index is 1.30. The molecule has 1 aliphatic carbocycles. The van der Waals surface area contributed by atoms with Crippen molar-refractivity contribution in [3.63, 3.8) is 0 Å². The summed E-state index contributed by atoms with van der Waals surface area (Å²) in [6.45, 7) is 4.26. The minimum atomic E-state index is -4.52. The Labute approximate surface area is 224 Å². The van der Waals surface area contributed by atoms with Crippen molar-refractivity contribution < 1.29 is 18.0 Å². The van der Waals surface area contributed by atoms with Gasteiger partial charge >= 0.3 is 6.18 Å². The maximum atomic E-state index is 14.2. The smallest absolute Gasteiger partial charge is 0.320 e. The lowest BCUT2D eigenvalue weighted by atomic mass is 9.75. The molecule has 2 fully saturated rings. The summed E-state index contributed by atoms with van der Waals surface area (Å²) in [4.78, 5) is 18.3. The van der Waals surface area contributed by atoms with Gasteiger partial charge in [0.25, 0.3) is 5.91 Å². The molecule has 2 atom stereocenters. The fraction of sp³-hybridized carbons (Fsp3) is 0.536. The Kier molecular flexibility index (Phi) is 6.58. The minimum Gasteiger partial charge on any atom is -0.320 e. The number of halogens is 3. The van der Waals surface area contributed by atoms with E-state index in [1.54, 1.807) is 23.7 Å². The molecule has 6 rings (SSSR count). The molecule has 1 aromatic carbocycles. The highest BCUT2D eigenvalue weighted by Crippen LogP contribution is 2.46. The van der Waals surface area contributed by atoms with Gasteiger partial charge in [-0.1, -0.05) is 13.3 Å². The number of amides is 1. The molecule has 202 valence electrons. The third-order valence-corrected chi connectivity index (χ3v) is 9.43. The van der Waals surface area contributed by atoms with Gasteiger partial charge in [0.15, 0.2) is 0 Å². The predicted octanol–water partition coefficient (Wildman–Crippen LogP) is 6.22. The van der Waals surface area contributed by atoms with Crippen molar-refractivity contribution >= 4 is 22.9 Å². The Hall–Kier alpha value is -2.72. The summed E-state index contributed by atoms with van der Waals surface area (Å²) >= 11 is 1.54.